The number of hydrogen-bond acceptors (Lipinski definition) is 1. The third-order valence-corrected chi connectivity index (χ3v) is 3.46. The highest BCUT2D eigenvalue weighted by Gasteiger charge is 2.04. The van der Waals surface area contributed by atoms with E-state index in [4.69, 9.17) is 0 Å². The first-order chi connectivity index (χ1) is 8.63. The summed E-state index contributed by atoms with van der Waals surface area (Å²) in [6, 6.07) is 9.40. The van der Waals surface area contributed by atoms with E-state index in [0.717, 1.165) is 0 Å². The molecule has 0 bridgehead atoms. The van der Waals surface area contributed by atoms with E-state index in [1.54, 1.807) is 0 Å². The van der Waals surface area contributed by atoms with E-state index in [1.807, 2.05) is 0 Å². The lowest BCUT2D eigenvalue weighted by Crippen LogP contribution is -2.15. The van der Waals surface area contributed by atoms with Gasteiger partial charge in [0, 0.05) is 11.7 Å². The SMILES string of the molecule is CCCCCCC(C)Nc1cccc(C(C)C)c1. The minimum atomic E-state index is 0.573. The van der Waals surface area contributed by atoms with E-state index in [0.29, 0.717) is 12.0 Å². The van der Waals surface area contributed by atoms with Gasteiger partial charge in [0.2, 0.25) is 0 Å². The summed E-state index contributed by atoms with van der Waals surface area (Å²) in [5.74, 6) is 0.603. The van der Waals surface area contributed by atoms with E-state index in [9.17, 15) is 0 Å². The number of benzene rings is 1. The first-order valence-corrected chi connectivity index (χ1v) is 7.50. The van der Waals surface area contributed by atoms with Crippen molar-refractivity contribution in [3.63, 3.8) is 0 Å². The fourth-order valence-corrected chi connectivity index (χ4v) is 2.22. The summed E-state index contributed by atoms with van der Waals surface area (Å²) in [7, 11) is 0. The van der Waals surface area contributed by atoms with Crippen molar-refractivity contribution in [1.29, 1.82) is 0 Å². The molecule has 18 heavy (non-hydrogen) atoms. The maximum absolute atomic E-state index is 3.61. The Morgan fingerprint density at radius 1 is 1.06 bits per heavy atom. The Kier molecular flexibility index (Phi) is 6.85. The van der Waals surface area contributed by atoms with Crippen molar-refractivity contribution < 1.29 is 0 Å². The normalized spacial score (nSPS) is 12.7. The van der Waals surface area contributed by atoms with E-state index in [2.05, 4.69) is 57.3 Å². The van der Waals surface area contributed by atoms with Crippen molar-refractivity contribution >= 4 is 5.69 Å². The largest absolute Gasteiger partial charge is 0.383 e. The predicted molar refractivity (Wildman–Crippen MR) is 82.4 cm³/mol. The quantitative estimate of drug-likeness (QED) is 0.591. The predicted octanol–water partition coefficient (Wildman–Crippen LogP) is 5.58. The van der Waals surface area contributed by atoms with Gasteiger partial charge < -0.3 is 5.32 Å². The summed E-state index contributed by atoms with van der Waals surface area (Å²) >= 11 is 0. The second-order valence-electron chi connectivity index (χ2n) is 5.67. The molecule has 0 saturated heterocycles. The van der Waals surface area contributed by atoms with Crippen LogP contribution in [0.1, 0.15) is 71.3 Å². The van der Waals surface area contributed by atoms with Gasteiger partial charge in [0.15, 0.2) is 0 Å². The van der Waals surface area contributed by atoms with Gasteiger partial charge in [0.1, 0.15) is 0 Å². The summed E-state index contributed by atoms with van der Waals surface area (Å²) in [4.78, 5) is 0. The first kappa shape index (κ1) is 15.1. The van der Waals surface area contributed by atoms with Crippen molar-refractivity contribution in [1.82, 2.24) is 0 Å². The molecule has 0 aliphatic heterocycles. The Labute approximate surface area is 113 Å². The summed E-state index contributed by atoms with van der Waals surface area (Å²) in [5, 5.41) is 3.61. The van der Waals surface area contributed by atoms with Crippen LogP contribution in [-0.2, 0) is 0 Å². The van der Waals surface area contributed by atoms with Crippen LogP contribution in [0.25, 0.3) is 0 Å². The van der Waals surface area contributed by atoms with Gasteiger partial charge in [-0.3, -0.25) is 0 Å². The van der Waals surface area contributed by atoms with Gasteiger partial charge in [-0.2, -0.15) is 0 Å². The van der Waals surface area contributed by atoms with Crippen LogP contribution < -0.4 is 5.32 Å². The Hall–Kier alpha value is -0.980. The lowest BCUT2D eigenvalue weighted by atomic mass is 10.0. The molecule has 0 saturated carbocycles. The molecule has 1 N–H and O–H groups in total. The number of rotatable bonds is 8. The van der Waals surface area contributed by atoms with Crippen LogP contribution in [0.15, 0.2) is 24.3 Å². The van der Waals surface area contributed by atoms with Crippen molar-refractivity contribution in [3.05, 3.63) is 29.8 Å². The molecule has 0 aliphatic carbocycles. The molecule has 1 heteroatoms. The van der Waals surface area contributed by atoms with Gasteiger partial charge >= 0.3 is 0 Å². The molecule has 0 fully saturated rings. The van der Waals surface area contributed by atoms with E-state index in [-0.39, 0.29) is 0 Å². The smallest absolute Gasteiger partial charge is 0.0345 e. The van der Waals surface area contributed by atoms with Gasteiger partial charge in [0.05, 0.1) is 0 Å². The van der Waals surface area contributed by atoms with Crippen LogP contribution >= 0.6 is 0 Å². The maximum atomic E-state index is 3.61. The van der Waals surface area contributed by atoms with Gasteiger partial charge in [-0.1, -0.05) is 58.6 Å². The summed E-state index contributed by atoms with van der Waals surface area (Å²) in [6.45, 7) is 9.04. The van der Waals surface area contributed by atoms with E-state index in [1.165, 1.54) is 43.4 Å². The molecular formula is C17H29N. The van der Waals surface area contributed by atoms with Crippen LogP contribution in [0.3, 0.4) is 0 Å². The van der Waals surface area contributed by atoms with Crippen LogP contribution in [0.4, 0.5) is 5.69 Å². The monoisotopic (exact) mass is 247 g/mol. The average molecular weight is 247 g/mol. The first-order valence-electron chi connectivity index (χ1n) is 7.50. The lowest BCUT2D eigenvalue weighted by Gasteiger charge is -2.16. The minimum Gasteiger partial charge on any atom is -0.383 e. The summed E-state index contributed by atoms with van der Waals surface area (Å²) in [5.41, 5.74) is 2.68. The van der Waals surface area contributed by atoms with Gasteiger partial charge in [-0.15, -0.1) is 0 Å². The zero-order valence-electron chi connectivity index (χ0n) is 12.5. The standard InChI is InChI=1S/C17H29N/c1-5-6-7-8-10-15(4)18-17-12-9-11-16(13-17)14(2)3/h9,11-15,18H,5-8,10H2,1-4H3. The molecule has 102 valence electrons. The van der Waals surface area contributed by atoms with Gasteiger partial charge in [-0.25, -0.2) is 0 Å². The topological polar surface area (TPSA) is 12.0 Å². The summed E-state index contributed by atoms with van der Waals surface area (Å²) < 4.78 is 0. The van der Waals surface area contributed by atoms with Crippen LogP contribution in [0.2, 0.25) is 0 Å². The second-order valence-corrected chi connectivity index (χ2v) is 5.67. The number of anilines is 1. The van der Waals surface area contributed by atoms with Crippen molar-refractivity contribution in [2.75, 3.05) is 5.32 Å². The molecule has 1 unspecified atom stereocenters. The van der Waals surface area contributed by atoms with Crippen molar-refractivity contribution in [3.8, 4) is 0 Å². The highest BCUT2D eigenvalue weighted by molar-refractivity contribution is 5.47. The number of unbranched alkanes of at least 4 members (excludes halogenated alkanes) is 3. The Morgan fingerprint density at radius 3 is 2.50 bits per heavy atom. The zero-order chi connectivity index (χ0) is 13.4. The van der Waals surface area contributed by atoms with Crippen LogP contribution in [-0.4, -0.2) is 6.04 Å². The van der Waals surface area contributed by atoms with Crippen LogP contribution in [0.5, 0.6) is 0 Å². The van der Waals surface area contributed by atoms with Crippen molar-refractivity contribution in [2.24, 2.45) is 0 Å². The molecule has 1 nitrogen and oxygen atoms in total. The zero-order valence-corrected chi connectivity index (χ0v) is 12.5. The molecule has 0 spiro atoms. The van der Waals surface area contributed by atoms with Gasteiger partial charge in [-0.05, 0) is 37.0 Å². The third kappa shape index (κ3) is 5.57. The van der Waals surface area contributed by atoms with Crippen LogP contribution in [0, 0.1) is 0 Å². The third-order valence-electron chi connectivity index (χ3n) is 3.46. The number of nitrogens with one attached hydrogen (secondary N) is 1. The lowest BCUT2D eigenvalue weighted by molar-refractivity contribution is 0.594. The molecule has 0 aliphatic rings. The maximum Gasteiger partial charge on any atom is 0.0345 e. The second kappa shape index (κ2) is 8.18. The molecule has 1 atom stereocenters. The Bertz CT molecular complexity index is 330. The Balaban J connectivity index is 2.39. The summed E-state index contributed by atoms with van der Waals surface area (Å²) in [6.07, 6.45) is 6.67. The number of hydrogen-bond donors (Lipinski definition) is 1. The molecule has 1 aromatic rings. The van der Waals surface area contributed by atoms with Crippen molar-refractivity contribution in [2.45, 2.75) is 71.8 Å². The fourth-order valence-electron chi connectivity index (χ4n) is 2.22. The molecule has 0 radical (unpaired) electrons. The van der Waals surface area contributed by atoms with E-state index >= 15 is 0 Å². The molecule has 1 rings (SSSR count). The molecule has 0 amide bonds. The van der Waals surface area contributed by atoms with Gasteiger partial charge in [0.25, 0.3) is 0 Å². The highest BCUT2D eigenvalue weighted by Crippen LogP contribution is 2.19. The fraction of sp³-hybridized carbons (Fsp3) is 0.647. The average Bonchev–Trinajstić information content (AvgIpc) is 2.35. The van der Waals surface area contributed by atoms with E-state index < -0.39 is 0 Å². The molecule has 0 aromatic heterocycles. The molecule has 1 aromatic carbocycles. The Morgan fingerprint density at radius 2 is 1.83 bits per heavy atom. The molecular weight excluding hydrogens is 218 g/mol. The minimum absolute atomic E-state index is 0.573. The highest BCUT2D eigenvalue weighted by atomic mass is 14.9. The molecule has 0 heterocycles.